The number of hydrogen-bond donors (Lipinski definition) is 0. The van der Waals surface area contributed by atoms with E-state index in [0.29, 0.717) is 43.3 Å². The van der Waals surface area contributed by atoms with E-state index in [1.54, 1.807) is 11.0 Å². The van der Waals surface area contributed by atoms with Crippen molar-refractivity contribution in [1.82, 2.24) is 14.7 Å². The van der Waals surface area contributed by atoms with Gasteiger partial charge in [-0.15, -0.1) is 0 Å². The Morgan fingerprint density at radius 3 is 1.88 bits per heavy atom. The Morgan fingerprint density at radius 2 is 1.35 bits per heavy atom. The first-order valence-electron chi connectivity index (χ1n) is 14.0. The molecule has 5 rings (SSSR count). The number of carbonyl (C=O) groups excluding carboxylic acids is 2. The monoisotopic (exact) mass is 535 g/mol. The molecule has 0 saturated carbocycles. The van der Waals surface area contributed by atoms with Gasteiger partial charge in [-0.2, -0.15) is 0 Å². The van der Waals surface area contributed by atoms with Crippen molar-refractivity contribution < 1.29 is 14.0 Å². The molecule has 2 heterocycles. The van der Waals surface area contributed by atoms with E-state index in [4.69, 9.17) is 4.42 Å². The number of benzene rings is 3. The minimum atomic E-state index is -0.107. The fourth-order valence-electron chi connectivity index (χ4n) is 5.57. The summed E-state index contributed by atoms with van der Waals surface area (Å²) in [5.74, 6) is 1.29. The van der Waals surface area contributed by atoms with Crippen LogP contribution >= 0.6 is 0 Å². The fraction of sp³-hybridized carbons (Fsp3) is 0.294. The largest absolute Gasteiger partial charge is 0.466 e. The van der Waals surface area contributed by atoms with Crippen molar-refractivity contribution in [2.75, 3.05) is 32.7 Å². The van der Waals surface area contributed by atoms with E-state index in [-0.39, 0.29) is 24.3 Å². The maximum atomic E-state index is 13.5. The Labute approximate surface area is 236 Å². The second kappa shape index (κ2) is 12.8. The number of rotatable bonds is 9. The summed E-state index contributed by atoms with van der Waals surface area (Å²) in [5.41, 5.74) is 4.10. The maximum Gasteiger partial charge on any atom is 0.257 e. The van der Waals surface area contributed by atoms with Crippen molar-refractivity contribution in [3.63, 3.8) is 0 Å². The number of furan rings is 1. The first-order valence-corrected chi connectivity index (χ1v) is 14.0. The number of amides is 2. The van der Waals surface area contributed by atoms with Crippen LogP contribution in [0.3, 0.4) is 0 Å². The van der Waals surface area contributed by atoms with Crippen LogP contribution in [0.15, 0.2) is 101 Å². The molecule has 1 aliphatic heterocycles. The topological polar surface area (TPSA) is 57.0 Å². The summed E-state index contributed by atoms with van der Waals surface area (Å²) >= 11 is 0. The van der Waals surface area contributed by atoms with Gasteiger partial charge in [-0.25, -0.2) is 0 Å². The second-order valence-electron chi connectivity index (χ2n) is 10.4. The Morgan fingerprint density at radius 1 is 0.800 bits per heavy atom. The number of hydrogen-bond acceptors (Lipinski definition) is 4. The Hall–Kier alpha value is -4.16. The summed E-state index contributed by atoms with van der Waals surface area (Å²) in [4.78, 5) is 33.0. The molecular formula is C34H37N3O3. The molecular weight excluding hydrogens is 498 g/mol. The Bertz CT molecular complexity index is 1350. The third-order valence-corrected chi connectivity index (χ3v) is 7.63. The molecule has 0 aliphatic carbocycles. The first-order chi connectivity index (χ1) is 19.5. The molecule has 0 spiro atoms. The molecule has 1 fully saturated rings. The molecule has 1 aliphatic rings. The zero-order valence-corrected chi connectivity index (χ0v) is 23.3. The minimum absolute atomic E-state index is 0.0848. The van der Waals surface area contributed by atoms with Crippen molar-refractivity contribution in [3.05, 3.63) is 131 Å². The lowest BCUT2D eigenvalue weighted by molar-refractivity contribution is -0.133. The van der Waals surface area contributed by atoms with Gasteiger partial charge in [0.05, 0.1) is 11.6 Å². The van der Waals surface area contributed by atoms with Crippen LogP contribution in [0.2, 0.25) is 0 Å². The van der Waals surface area contributed by atoms with Crippen LogP contribution in [0.5, 0.6) is 0 Å². The smallest absolute Gasteiger partial charge is 0.257 e. The Kier molecular flexibility index (Phi) is 8.77. The van der Waals surface area contributed by atoms with E-state index in [1.165, 1.54) is 11.1 Å². The van der Waals surface area contributed by atoms with Crippen LogP contribution in [0.25, 0.3) is 0 Å². The molecule has 40 heavy (non-hydrogen) atoms. The lowest BCUT2D eigenvalue weighted by Crippen LogP contribution is -2.50. The molecule has 0 bridgehead atoms. The van der Waals surface area contributed by atoms with Crippen LogP contribution < -0.4 is 0 Å². The molecule has 0 N–H and O–H groups in total. The zero-order chi connectivity index (χ0) is 27.9. The molecule has 0 unspecified atom stereocenters. The van der Waals surface area contributed by atoms with Crippen LogP contribution in [-0.2, 0) is 11.3 Å². The van der Waals surface area contributed by atoms with Gasteiger partial charge >= 0.3 is 0 Å². The van der Waals surface area contributed by atoms with Gasteiger partial charge in [0.25, 0.3) is 5.91 Å². The van der Waals surface area contributed by atoms with Gasteiger partial charge in [0.1, 0.15) is 11.5 Å². The number of aryl methyl sites for hydroxylation is 2. The fourth-order valence-corrected chi connectivity index (χ4v) is 5.57. The molecule has 6 heteroatoms. The van der Waals surface area contributed by atoms with Gasteiger partial charge in [-0.3, -0.25) is 14.5 Å². The highest BCUT2D eigenvalue weighted by Crippen LogP contribution is 2.29. The van der Waals surface area contributed by atoms with Crippen LogP contribution in [0.4, 0.5) is 0 Å². The van der Waals surface area contributed by atoms with E-state index in [9.17, 15) is 9.59 Å². The van der Waals surface area contributed by atoms with Crippen molar-refractivity contribution in [1.29, 1.82) is 0 Å². The van der Waals surface area contributed by atoms with E-state index >= 15 is 0 Å². The van der Waals surface area contributed by atoms with Crippen molar-refractivity contribution >= 4 is 11.8 Å². The summed E-state index contributed by atoms with van der Waals surface area (Å²) in [6.07, 6.45) is 0.287. The van der Waals surface area contributed by atoms with Crippen LogP contribution in [0.1, 0.15) is 51.0 Å². The summed E-state index contributed by atoms with van der Waals surface area (Å²) in [7, 11) is 0. The van der Waals surface area contributed by atoms with Crippen molar-refractivity contribution in [2.45, 2.75) is 32.9 Å². The lowest BCUT2D eigenvalue weighted by Gasteiger charge is -2.40. The summed E-state index contributed by atoms with van der Waals surface area (Å²) in [6.45, 7) is 7.37. The molecule has 3 aromatic carbocycles. The van der Waals surface area contributed by atoms with E-state index < -0.39 is 0 Å². The molecule has 1 saturated heterocycles. The van der Waals surface area contributed by atoms with Crippen molar-refractivity contribution in [3.8, 4) is 0 Å². The Balaban J connectivity index is 1.23. The quantitative estimate of drug-likeness (QED) is 0.269. The average molecular weight is 536 g/mol. The predicted octanol–water partition coefficient (Wildman–Crippen LogP) is 5.86. The van der Waals surface area contributed by atoms with Gasteiger partial charge < -0.3 is 14.2 Å². The van der Waals surface area contributed by atoms with E-state index in [0.717, 1.165) is 18.7 Å². The number of piperazine rings is 1. The average Bonchev–Trinajstić information content (AvgIpc) is 3.34. The summed E-state index contributed by atoms with van der Waals surface area (Å²) in [6, 6.07) is 33.0. The van der Waals surface area contributed by atoms with Gasteiger partial charge in [0, 0.05) is 45.7 Å². The predicted molar refractivity (Wildman–Crippen MR) is 157 cm³/mol. The molecule has 0 radical (unpaired) electrons. The molecule has 6 nitrogen and oxygen atoms in total. The molecule has 2 amide bonds. The van der Waals surface area contributed by atoms with Gasteiger partial charge in [-0.1, -0.05) is 91.0 Å². The highest BCUT2D eigenvalue weighted by Gasteiger charge is 2.29. The first kappa shape index (κ1) is 27.4. The third kappa shape index (κ3) is 6.52. The SMILES string of the molecule is Cc1cc(C(=O)N(CCC(=O)N2CCN(C(c3ccccc3)c3ccccc3)CC2)Cc2ccccc2)c(C)o1. The number of nitrogens with zero attached hydrogens (tertiary/aromatic N) is 3. The summed E-state index contributed by atoms with van der Waals surface area (Å²) < 4.78 is 5.62. The van der Waals surface area contributed by atoms with Crippen LogP contribution in [-0.4, -0.2) is 59.2 Å². The standard InChI is InChI=1S/C34H37N3O3/c1-26-24-31(27(2)40-26)34(39)37(25-28-12-6-3-7-13-28)19-18-32(38)35-20-22-36(23-21-35)33(29-14-8-4-9-15-29)30-16-10-5-11-17-30/h3-17,24,33H,18-23,25H2,1-2H3. The van der Waals surface area contributed by atoms with Gasteiger partial charge in [-0.05, 0) is 36.6 Å². The second-order valence-corrected chi connectivity index (χ2v) is 10.4. The van der Waals surface area contributed by atoms with Crippen molar-refractivity contribution in [2.24, 2.45) is 0 Å². The summed E-state index contributed by atoms with van der Waals surface area (Å²) in [5, 5.41) is 0. The third-order valence-electron chi connectivity index (χ3n) is 7.63. The molecule has 1 aromatic heterocycles. The minimum Gasteiger partial charge on any atom is -0.466 e. The number of carbonyl (C=O) groups is 2. The molecule has 4 aromatic rings. The van der Waals surface area contributed by atoms with Crippen LogP contribution in [0, 0.1) is 13.8 Å². The normalized spacial score (nSPS) is 13.9. The van der Waals surface area contributed by atoms with E-state index in [1.807, 2.05) is 61.2 Å². The zero-order valence-electron chi connectivity index (χ0n) is 23.3. The van der Waals surface area contributed by atoms with Gasteiger partial charge in [0.15, 0.2) is 0 Å². The van der Waals surface area contributed by atoms with E-state index in [2.05, 4.69) is 53.4 Å². The molecule has 0 atom stereocenters. The lowest BCUT2D eigenvalue weighted by atomic mass is 9.96. The van der Waals surface area contributed by atoms with Gasteiger partial charge in [0.2, 0.25) is 5.91 Å². The highest BCUT2D eigenvalue weighted by molar-refractivity contribution is 5.95. The highest BCUT2D eigenvalue weighted by atomic mass is 16.3. The maximum absolute atomic E-state index is 13.5. The molecule has 206 valence electrons.